The first-order valence-electron chi connectivity index (χ1n) is 7.96. The number of imidazole rings is 1. The molecule has 0 atom stereocenters. The van der Waals surface area contributed by atoms with Crippen LogP contribution in [0.2, 0.25) is 0 Å². The highest BCUT2D eigenvalue weighted by molar-refractivity contribution is 5.88. The predicted molar refractivity (Wildman–Crippen MR) is 97.9 cm³/mol. The van der Waals surface area contributed by atoms with Crippen LogP contribution in [0.5, 0.6) is 0 Å². The van der Waals surface area contributed by atoms with Crippen molar-refractivity contribution < 1.29 is 0 Å². The van der Waals surface area contributed by atoms with Crippen LogP contribution in [-0.4, -0.2) is 22.0 Å². The smallest absolute Gasteiger partial charge is 0.180 e. The standard InChI is InChI=1S/C20H18N4/c1-24(14-15-8-4-2-5-9-15)17-12-13-21-20-18(17)22-19(23-20)16-10-6-3-7-11-16/h2-13H,14H2,1H3,(H,21,22,23). The summed E-state index contributed by atoms with van der Waals surface area (Å²) in [5.41, 5.74) is 5.14. The number of rotatable bonds is 4. The van der Waals surface area contributed by atoms with Gasteiger partial charge in [-0.05, 0) is 11.6 Å². The van der Waals surface area contributed by atoms with E-state index in [1.165, 1.54) is 5.56 Å². The SMILES string of the molecule is CN(Cc1ccccc1)c1ccnc2nc(-c3ccccc3)[nH]c12. The van der Waals surface area contributed by atoms with Gasteiger partial charge in [0.2, 0.25) is 0 Å². The van der Waals surface area contributed by atoms with Crippen LogP contribution in [0.4, 0.5) is 5.69 Å². The van der Waals surface area contributed by atoms with E-state index < -0.39 is 0 Å². The second-order valence-electron chi connectivity index (χ2n) is 5.82. The van der Waals surface area contributed by atoms with Crippen molar-refractivity contribution in [2.24, 2.45) is 0 Å². The van der Waals surface area contributed by atoms with Crippen LogP contribution in [0.3, 0.4) is 0 Å². The molecule has 118 valence electrons. The predicted octanol–water partition coefficient (Wildman–Crippen LogP) is 4.26. The summed E-state index contributed by atoms with van der Waals surface area (Å²) in [4.78, 5) is 14.7. The van der Waals surface area contributed by atoms with Crippen LogP contribution in [0, 0.1) is 0 Å². The Bertz CT molecular complexity index is 945. The maximum Gasteiger partial charge on any atom is 0.180 e. The van der Waals surface area contributed by atoms with Gasteiger partial charge in [0.05, 0.1) is 5.69 Å². The lowest BCUT2D eigenvalue weighted by atomic mass is 10.2. The van der Waals surface area contributed by atoms with Gasteiger partial charge in [-0.25, -0.2) is 9.97 Å². The summed E-state index contributed by atoms with van der Waals surface area (Å²) in [7, 11) is 2.09. The van der Waals surface area contributed by atoms with Crippen molar-refractivity contribution in [2.45, 2.75) is 6.54 Å². The van der Waals surface area contributed by atoms with Crippen molar-refractivity contribution in [3.63, 3.8) is 0 Å². The molecule has 4 nitrogen and oxygen atoms in total. The van der Waals surface area contributed by atoms with Gasteiger partial charge >= 0.3 is 0 Å². The zero-order valence-electron chi connectivity index (χ0n) is 13.5. The molecule has 0 aliphatic heterocycles. The van der Waals surface area contributed by atoms with Gasteiger partial charge in [0, 0.05) is 25.4 Å². The highest BCUT2D eigenvalue weighted by Crippen LogP contribution is 2.27. The van der Waals surface area contributed by atoms with Gasteiger partial charge in [0.25, 0.3) is 0 Å². The molecule has 0 fully saturated rings. The van der Waals surface area contributed by atoms with Crippen molar-refractivity contribution in [1.82, 2.24) is 15.0 Å². The summed E-state index contributed by atoms with van der Waals surface area (Å²) in [6, 6.07) is 22.6. The fourth-order valence-corrected chi connectivity index (χ4v) is 2.89. The molecule has 0 saturated heterocycles. The summed E-state index contributed by atoms with van der Waals surface area (Å²) in [6.45, 7) is 0.833. The lowest BCUT2D eigenvalue weighted by Gasteiger charge is -2.19. The van der Waals surface area contributed by atoms with Crippen LogP contribution in [0.25, 0.3) is 22.6 Å². The highest BCUT2D eigenvalue weighted by Gasteiger charge is 2.12. The minimum Gasteiger partial charge on any atom is -0.368 e. The van der Waals surface area contributed by atoms with Gasteiger partial charge in [0.15, 0.2) is 5.65 Å². The van der Waals surface area contributed by atoms with Gasteiger partial charge in [-0.3, -0.25) is 0 Å². The van der Waals surface area contributed by atoms with E-state index in [9.17, 15) is 0 Å². The second-order valence-corrected chi connectivity index (χ2v) is 5.82. The van der Waals surface area contributed by atoms with Crippen molar-refractivity contribution in [3.05, 3.63) is 78.5 Å². The maximum atomic E-state index is 4.64. The van der Waals surface area contributed by atoms with Crippen molar-refractivity contribution in [2.75, 3.05) is 11.9 Å². The van der Waals surface area contributed by atoms with E-state index in [2.05, 4.69) is 51.2 Å². The number of fused-ring (bicyclic) bond motifs is 1. The number of nitrogens with one attached hydrogen (secondary N) is 1. The molecular weight excluding hydrogens is 296 g/mol. The molecule has 1 N–H and O–H groups in total. The first-order valence-corrected chi connectivity index (χ1v) is 7.96. The second kappa shape index (κ2) is 6.16. The molecule has 4 rings (SSSR count). The molecule has 2 aromatic carbocycles. The maximum absolute atomic E-state index is 4.64. The summed E-state index contributed by atoms with van der Waals surface area (Å²) in [5, 5.41) is 0. The monoisotopic (exact) mass is 314 g/mol. The van der Waals surface area contributed by atoms with Crippen molar-refractivity contribution >= 4 is 16.9 Å². The molecule has 2 aromatic heterocycles. The van der Waals surface area contributed by atoms with E-state index in [4.69, 9.17) is 0 Å². The average molecular weight is 314 g/mol. The van der Waals surface area contributed by atoms with E-state index >= 15 is 0 Å². The Morgan fingerprint density at radius 1 is 0.917 bits per heavy atom. The Balaban J connectivity index is 1.72. The number of hydrogen-bond donors (Lipinski definition) is 1. The van der Waals surface area contributed by atoms with Crippen molar-refractivity contribution in [3.8, 4) is 11.4 Å². The quantitative estimate of drug-likeness (QED) is 0.612. The molecule has 0 radical (unpaired) electrons. The number of anilines is 1. The van der Waals surface area contributed by atoms with Crippen molar-refractivity contribution in [1.29, 1.82) is 0 Å². The lowest BCUT2D eigenvalue weighted by molar-refractivity contribution is 0.925. The largest absolute Gasteiger partial charge is 0.368 e. The normalized spacial score (nSPS) is 10.9. The molecular formula is C20H18N4. The van der Waals surface area contributed by atoms with Crippen LogP contribution >= 0.6 is 0 Å². The van der Waals surface area contributed by atoms with E-state index in [0.29, 0.717) is 0 Å². The van der Waals surface area contributed by atoms with Crippen LogP contribution in [-0.2, 0) is 6.54 Å². The first kappa shape index (κ1) is 14.5. The summed E-state index contributed by atoms with van der Waals surface area (Å²) in [6.07, 6.45) is 1.81. The lowest BCUT2D eigenvalue weighted by Crippen LogP contribution is -2.16. The number of aromatic amines is 1. The third-order valence-corrected chi connectivity index (χ3v) is 4.09. The van der Waals surface area contributed by atoms with Gasteiger partial charge in [0.1, 0.15) is 11.3 Å². The molecule has 0 saturated carbocycles. The molecule has 0 amide bonds. The van der Waals surface area contributed by atoms with Crippen LogP contribution < -0.4 is 4.90 Å². The van der Waals surface area contributed by atoms with E-state index in [-0.39, 0.29) is 0 Å². The Hall–Kier alpha value is -3.14. The van der Waals surface area contributed by atoms with E-state index in [1.54, 1.807) is 0 Å². The number of nitrogens with zero attached hydrogens (tertiary/aromatic N) is 3. The molecule has 4 aromatic rings. The summed E-state index contributed by atoms with van der Waals surface area (Å²) < 4.78 is 0. The molecule has 0 spiro atoms. The Labute approximate surface area is 140 Å². The van der Waals surface area contributed by atoms with Gasteiger partial charge in [-0.2, -0.15) is 0 Å². The minimum absolute atomic E-state index is 0.742. The number of H-pyrrole nitrogens is 1. The minimum atomic E-state index is 0.742. The van der Waals surface area contributed by atoms with Gasteiger partial charge < -0.3 is 9.88 Å². The van der Waals surface area contributed by atoms with E-state index in [0.717, 1.165) is 34.8 Å². The number of benzene rings is 2. The Morgan fingerprint density at radius 2 is 1.62 bits per heavy atom. The topological polar surface area (TPSA) is 44.8 Å². The summed E-state index contributed by atoms with van der Waals surface area (Å²) >= 11 is 0. The zero-order valence-corrected chi connectivity index (χ0v) is 13.5. The molecule has 0 aliphatic carbocycles. The molecule has 2 heterocycles. The molecule has 0 aliphatic rings. The number of hydrogen-bond acceptors (Lipinski definition) is 3. The van der Waals surface area contributed by atoms with Crippen LogP contribution in [0.15, 0.2) is 72.9 Å². The highest BCUT2D eigenvalue weighted by atomic mass is 15.1. The molecule has 4 heteroatoms. The van der Waals surface area contributed by atoms with Gasteiger partial charge in [-0.15, -0.1) is 0 Å². The fourth-order valence-electron chi connectivity index (χ4n) is 2.89. The third-order valence-electron chi connectivity index (χ3n) is 4.09. The molecule has 0 unspecified atom stereocenters. The third kappa shape index (κ3) is 2.74. The molecule has 0 bridgehead atoms. The first-order chi connectivity index (χ1) is 11.8. The average Bonchev–Trinajstić information content (AvgIpc) is 3.07. The fraction of sp³-hybridized carbons (Fsp3) is 0.100. The van der Waals surface area contributed by atoms with Crippen LogP contribution in [0.1, 0.15) is 5.56 Å². The van der Waals surface area contributed by atoms with E-state index in [1.807, 2.05) is 48.7 Å². The zero-order chi connectivity index (χ0) is 16.4. The number of aromatic nitrogens is 3. The molecule has 24 heavy (non-hydrogen) atoms. The summed E-state index contributed by atoms with van der Waals surface area (Å²) in [5.74, 6) is 0.846. The number of pyridine rings is 1. The Kier molecular flexibility index (Phi) is 3.71. The Morgan fingerprint density at radius 3 is 2.38 bits per heavy atom. The van der Waals surface area contributed by atoms with Gasteiger partial charge in [-0.1, -0.05) is 60.7 Å².